The first-order valence-electron chi connectivity index (χ1n) is 16.2. The largest absolute Gasteiger partial charge is 0.481 e. The van der Waals surface area contributed by atoms with E-state index >= 15 is 0 Å². The van der Waals surface area contributed by atoms with Crippen molar-refractivity contribution in [1.82, 2.24) is 5.32 Å². The lowest BCUT2D eigenvalue weighted by Crippen LogP contribution is -2.57. The first-order valence-corrected chi connectivity index (χ1v) is 16.2. The number of aliphatic carboxylic acids is 1. The summed E-state index contributed by atoms with van der Waals surface area (Å²) in [5, 5.41) is 39.6. The first-order chi connectivity index (χ1) is 22.6. The number of ether oxygens (including phenoxy) is 1. The molecule has 0 bridgehead atoms. The van der Waals surface area contributed by atoms with Gasteiger partial charge in [0.05, 0.1) is 19.3 Å². The molecule has 4 aliphatic rings. The van der Waals surface area contributed by atoms with Crippen LogP contribution in [0.15, 0.2) is 11.6 Å². The van der Waals surface area contributed by atoms with Crippen LogP contribution in [0.1, 0.15) is 84.5 Å². The smallest absolute Gasteiger partial charge is 0.325 e. The lowest BCUT2D eigenvalue weighted by molar-refractivity contribution is -0.757. The Morgan fingerprint density at radius 2 is 1.65 bits per heavy atom. The van der Waals surface area contributed by atoms with Crippen molar-refractivity contribution in [3.05, 3.63) is 31.9 Å². The quantitative estimate of drug-likeness (QED) is 0.0970. The van der Waals surface area contributed by atoms with E-state index in [2.05, 4.69) is 28.8 Å². The molecule has 17 heteroatoms. The number of ketones is 2. The van der Waals surface area contributed by atoms with Crippen LogP contribution in [0.5, 0.6) is 0 Å². The molecule has 7 unspecified atom stereocenters. The van der Waals surface area contributed by atoms with Crippen LogP contribution < -0.4 is 5.32 Å². The molecule has 0 aromatic carbocycles. The average molecular weight is 684 g/mol. The van der Waals surface area contributed by atoms with E-state index in [1.165, 1.54) is 5.57 Å². The van der Waals surface area contributed by atoms with Crippen molar-refractivity contribution in [3.63, 3.8) is 0 Å². The molecule has 3 saturated carbocycles. The third kappa shape index (κ3) is 9.70. The third-order valence-electron chi connectivity index (χ3n) is 10.6. The molecule has 0 saturated heterocycles. The van der Waals surface area contributed by atoms with Gasteiger partial charge in [0, 0.05) is 25.2 Å². The average Bonchev–Trinajstić information content (AvgIpc) is 3.36. The normalized spacial score (nSPS) is 30.1. The van der Waals surface area contributed by atoms with Gasteiger partial charge in [0.1, 0.15) is 13.2 Å². The van der Waals surface area contributed by atoms with Gasteiger partial charge in [-0.2, -0.15) is 0 Å². The molecule has 0 spiro atoms. The Morgan fingerprint density at radius 3 is 2.27 bits per heavy atom. The van der Waals surface area contributed by atoms with E-state index in [0.29, 0.717) is 19.3 Å². The highest BCUT2D eigenvalue weighted by Gasteiger charge is 2.62. The maximum atomic E-state index is 13.2. The predicted molar refractivity (Wildman–Crippen MR) is 163 cm³/mol. The Labute approximate surface area is 276 Å². The van der Waals surface area contributed by atoms with Crippen molar-refractivity contribution in [3.8, 4) is 0 Å². The summed E-state index contributed by atoms with van der Waals surface area (Å²) in [7, 11) is 0. The Morgan fingerprint density at radius 1 is 1.00 bits per heavy atom. The monoisotopic (exact) mass is 683 g/mol. The Hall–Kier alpha value is -4.15. The molecular weight excluding hydrogens is 638 g/mol. The van der Waals surface area contributed by atoms with E-state index in [-0.39, 0.29) is 91.6 Å². The number of nitrogens with one attached hydrogen (secondary N) is 1. The van der Waals surface area contributed by atoms with Crippen LogP contribution in [0.25, 0.3) is 0 Å². The van der Waals surface area contributed by atoms with E-state index in [1.807, 2.05) is 6.08 Å². The number of carboxylic acid groups (broad SMARTS) is 1. The minimum Gasteiger partial charge on any atom is -0.481 e. The van der Waals surface area contributed by atoms with Crippen LogP contribution in [-0.2, 0) is 38.4 Å². The van der Waals surface area contributed by atoms with Crippen LogP contribution in [0.4, 0.5) is 0 Å². The highest BCUT2D eigenvalue weighted by molar-refractivity contribution is 5.91. The highest BCUT2D eigenvalue weighted by Crippen LogP contribution is 2.66. The molecule has 4 rings (SSSR count). The van der Waals surface area contributed by atoms with Crippen LogP contribution in [0.3, 0.4) is 0 Å². The second kappa shape index (κ2) is 16.8. The van der Waals surface area contributed by atoms with E-state index in [1.54, 1.807) is 0 Å². The maximum Gasteiger partial charge on any atom is 0.325 e. The van der Waals surface area contributed by atoms with Crippen molar-refractivity contribution >= 4 is 29.4 Å². The van der Waals surface area contributed by atoms with Crippen LogP contribution in [-0.4, -0.2) is 82.3 Å². The van der Waals surface area contributed by atoms with Crippen molar-refractivity contribution in [2.75, 3.05) is 26.4 Å². The van der Waals surface area contributed by atoms with Gasteiger partial charge in [0.25, 0.3) is 10.2 Å². The predicted octanol–water partition coefficient (Wildman–Crippen LogP) is 2.38. The third-order valence-corrected chi connectivity index (χ3v) is 10.6. The van der Waals surface area contributed by atoms with Crippen molar-refractivity contribution in [2.24, 2.45) is 34.5 Å². The van der Waals surface area contributed by atoms with Gasteiger partial charge in [-0.05, 0) is 86.0 Å². The number of Topliss-reactive ketones (excluding diaryl/α,β-unsaturated/α-hetero) is 1. The lowest BCUT2D eigenvalue weighted by Gasteiger charge is -2.59. The number of nitrogens with zero attached hydrogens (tertiary/aromatic N) is 2. The zero-order valence-corrected chi connectivity index (χ0v) is 27.3. The number of amides is 1. The topological polar surface area (TPSA) is 252 Å². The summed E-state index contributed by atoms with van der Waals surface area (Å²) >= 11 is 0. The van der Waals surface area contributed by atoms with Gasteiger partial charge in [-0.15, -0.1) is 20.2 Å². The Balaban J connectivity index is 0.000000542. The number of esters is 1. The fourth-order valence-electron chi connectivity index (χ4n) is 8.51. The number of rotatable bonds is 15. The number of aliphatic hydroxyl groups excluding tert-OH is 1. The van der Waals surface area contributed by atoms with E-state index in [4.69, 9.17) is 9.84 Å². The number of carbonyl (C=O) groups excluding carboxylic acids is 4. The van der Waals surface area contributed by atoms with Crippen molar-refractivity contribution < 1.29 is 58.8 Å². The molecule has 0 aliphatic heterocycles. The minimum absolute atomic E-state index is 0.0427. The van der Waals surface area contributed by atoms with E-state index in [0.717, 1.165) is 25.7 Å². The Kier molecular flexibility index (Phi) is 13.4. The van der Waals surface area contributed by atoms with Gasteiger partial charge >= 0.3 is 11.9 Å². The minimum atomic E-state index is -0.980. The second-order valence-electron chi connectivity index (χ2n) is 13.4. The Bertz CT molecular complexity index is 1270. The number of hydrogen-bond acceptors (Lipinski definition) is 13. The molecule has 17 nitrogen and oxygen atoms in total. The second-order valence-corrected chi connectivity index (χ2v) is 13.4. The van der Waals surface area contributed by atoms with Gasteiger partial charge in [0.2, 0.25) is 5.91 Å². The number of carbonyl (C=O) groups is 5. The molecule has 3 fully saturated rings. The standard InChI is InChI=1S/C27H38N2O9.C4H7NO5/c1-26-10-9-17(30)12-16(26)5-6-18-19-7-8-20(27(19,2)13-21(31)25(18)26)22(32)15-37-24(34)14-28-23(33)4-3-11-38-29(35)36;6-4(7)2-1-3-10-5(8)9/h12,18-21,25,31H,3-11,13-15H2,1-2H3,(H,28,33);1-3H2,(H,6,7). The van der Waals surface area contributed by atoms with Gasteiger partial charge < -0.3 is 29.9 Å². The molecule has 268 valence electrons. The zero-order chi connectivity index (χ0) is 35.6. The fraction of sp³-hybridized carbons (Fsp3) is 0.774. The van der Waals surface area contributed by atoms with Gasteiger partial charge in [-0.1, -0.05) is 19.4 Å². The lowest BCUT2D eigenvalue weighted by atomic mass is 9.46. The molecule has 0 aromatic heterocycles. The fourth-order valence-corrected chi connectivity index (χ4v) is 8.51. The molecular formula is C31H45N3O14. The molecule has 0 heterocycles. The number of fused-ring (bicyclic) bond motifs is 5. The summed E-state index contributed by atoms with van der Waals surface area (Å²) in [5.74, 6) is -1.84. The molecule has 7 atom stereocenters. The first kappa shape index (κ1) is 38.3. The van der Waals surface area contributed by atoms with Crippen molar-refractivity contribution in [2.45, 2.75) is 90.6 Å². The highest BCUT2D eigenvalue weighted by atomic mass is 17.0. The summed E-state index contributed by atoms with van der Waals surface area (Å²) < 4.78 is 5.16. The molecule has 1 amide bonds. The summed E-state index contributed by atoms with van der Waals surface area (Å²) in [6.07, 6.45) is 6.52. The van der Waals surface area contributed by atoms with Gasteiger partial charge in [0.15, 0.2) is 11.6 Å². The molecule has 4 aliphatic carbocycles. The molecule has 0 aromatic rings. The molecule has 0 radical (unpaired) electrons. The zero-order valence-electron chi connectivity index (χ0n) is 27.3. The van der Waals surface area contributed by atoms with E-state index < -0.39 is 40.7 Å². The van der Waals surface area contributed by atoms with Crippen LogP contribution in [0.2, 0.25) is 0 Å². The number of hydrogen-bond donors (Lipinski definition) is 3. The molecule has 48 heavy (non-hydrogen) atoms. The number of carboxylic acids is 1. The van der Waals surface area contributed by atoms with Gasteiger partial charge in [-0.3, -0.25) is 24.0 Å². The van der Waals surface area contributed by atoms with Crippen molar-refractivity contribution in [1.29, 1.82) is 0 Å². The SMILES string of the molecule is CC12CCC(=O)C=C1CCC1C2C(O)CC2(C)C(C(=O)COC(=O)CNC(=O)CCCO[N+](=O)[O-])CCC12.O=C(O)CCCO[N+](=O)[O-]. The van der Waals surface area contributed by atoms with Crippen LogP contribution >= 0.6 is 0 Å². The summed E-state index contributed by atoms with van der Waals surface area (Å²) in [6, 6.07) is 0. The summed E-state index contributed by atoms with van der Waals surface area (Å²) in [4.78, 5) is 86.5. The number of aliphatic hydroxyl groups is 1. The maximum absolute atomic E-state index is 13.2. The summed E-state index contributed by atoms with van der Waals surface area (Å²) in [6.45, 7) is 3.15. The summed E-state index contributed by atoms with van der Waals surface area (Å²) in [5.41, 5.74) is 0.609. The van der Waals surface area contributed by atoms with E-state index in [9.17, 15) is 49.3 Å². The molecule has 3 N–H and O–H groups in total. The van der Waals surface area contributed by atoms with Gasteiger partial charge in [-0.25, -0.2) is 0 Å². The van der Waals surface area contributed by atoms with Crippen LogP contribution in [0, 0.1) is 54.7 Å². The number of allylic oxidation sites excluding steroid dienone is 1.